The molecule has 0 aliphatic carbocycles. The van der Waals surface area contributed by atoms with Gasteiger partial charge < -0.3 is 20.1 Å². The summed E-state index contributed by atoms with van der Waals surface area (Å²) in [5.41, 5.74) is 6.28. The minimum absolute atomic E-state index is 0.388. The number of hydrogen-bond acceptors (Lipinski definition) is 4. The Labute approximate surface area is 305 Å². The van der Waals surface area contributed by atoms with Crippen LogP contribution >= 0.6 is 18.4 Å². The van der Waals surface area contributed by atoms with E-state index in [0.717, 1.165) is 46.6 Å². The van der Waals surface area contributed by atoms with Crippen LogP contribution in [-0.2, 0) is 22.3 Å². The van der Waals surface area contributed by atoms with E-state index < -0.39 is 17.6 Å². The van der Waals surface area contributed by atoms with E-state index >= 15 is 0 Å². The van der Waals surface area contributed by atoms with E-state index in [1.165, 1.54) is 0 Å². The molecule has 0 unspecified atom stereocenters. The predicted molar refractivity (Wildman–Crippen MR) is 203 cm³/mol. The molecule has 0 atom stereocenters. The van der Waals surface area contributed by atoms with Crippen molar-refractivity contribution in [3.8, 4) is 17.2 Å². The summed E-state index contributed by atoms with van der Waals surface area (Å²) in [5.74, 6) is 3.76. The van der Waals surface area contributed by atoms with Gasteiger partial charge in [-0.1, -0.05) is 138 Å². The number of phenols is 3. The van der Waals surface area contributed by atoms with Crippen molar-refractivity contribution in [3.63, 3.8) is 0 Å². The molecule has 7 heteroatoms. The van der Waals surface area contributed by atoms with Crippen LogP contribution < -0.4 is 0 Å². The molecule has 0 saturated heterocycles. The summed E-state index contributed by atoms with van der Waals surface area (Å²) in [6, 6.07) is 18.0. The number of benzene rings is 3. The van der Waals surface area contributed by atoms with Crippen LogP contribution in [0.3, 0.4) is 0 Å². The van der Waals surface area contributed by atoms with Gasteiger partial charge in [-0.25, -0.2) is 0 Å². The maximum absolute atomic E-state index is 9.93. The van der Waals surface area contributed by atoms with Crippen molar-refractivity contribution in [2.75, 3.05) is 13.2 Å². The number of aromatic hydroxyl groups is 3. The van der Waals surface area contributed by atoms with E-state index in [1.54, 1.807) is 0 Å². The standard InChI is InChI=1S/3C12H18O.C4H10O.2ClH.Ta/c3*1-8(2)10-6-5-7-11(9(3)4)12(10)13;1-3-5-4-2;;;/h3*5-9,13H,1-4H3;3-4H2,1-2H3;2*1H;/q;;;;;;+2/p-2. The van der Waals surface area contributed by atoms with E-state index in [9.17, 15) is 15.3 Å². The molecular formula is C40H64Cl2O4Ta. The van der Waals surface area contributed by atoms with E-state index in [-0.39, 0.29) is 0 Å². The third-order valence-corrected chi connectivity index (χ3v) is 7.44. The first-order chi connectivity index (χ1) is 21.9. The van der Waals surface area contributed by atoms with Crippen molar-refractivity contribution in [2.24, 2.45) is 0 Å². The van der Waals surface area contributed by atoms with Crippen LogP contribution in [0.2, 0.25) is 0 Å². The van der Waals surface area contributed by atoms with Crippen LogP contribution in [0.5, 0.6) is 17.2 Å². The van der Waals surface area contributed by atoms with Crippen LogP contribution in [0.1, 0.15) is 166 Å². The van der Waals surface area contributed by atoms with Crippen molar-refractivity contribution >= 4 is 18.4 Å². The van der Waals surface area contributed by atoms with Gasteiger partial charge in [-0.05, 0) is 82.7 Å². The van der Waals surface area contributed by atoms with Crippen molar-refractivity contribution in [3.05, 3.63) is 88.0 Å². The normalized spacial score (nSPS) is 10.5. The SMILES string of the molecule is CC(C)c1cccc(C(C)C)c1O.CC(C)c1cccc(C(C)C)c1O.CC(C)c1cccc(C(C)C)c1O.CCOCC.[Cl][Ta][Cl]. The average molecular weight is 861 g/mol. The Morgan fingerprint density at radius 2 is 0.596 bits per heavy atom. The molecule has 3 aromatic carbocycles. The fraction of sp³-hybridized carbons (Fsp3) is 0.550. The van der Waals surface area contributed by atoms with Gasteiger partial charge in [0.05, 0.1) is 0 Å². The Balaban J connectivity index is 0. The third kappa shape index (κ3) is 18.1. The number of para-hydroxylation sites is 3. The number of hydrogen-bond donors (Lipinski definition) is 3. The topological polar surface area (TPSA) is 69.9 Å². The molecule has 0 bridgehead atoms. The summed E-state index contributed by atoms with van der Waals surface area (Å²) in [6.45, 7) is 30.8. The van der Waals surface area contributed by atoms with Gasteiger partial charge in [0.25, 0.3) is 0 Å². The van der Waals surface area contributed by atoms with Crippen molar-refractivity contribution < 1.29 is 37.6 Å². The fourth-order valence-corrected chi connectivity index (χ4v) is 4.74. The van der Waals surface area contributed by atoms with E-state index in [0.29, 0.717) is 52.8 Å². The van der Waals surface area contributed by atoms with Gasteiger partial charge in [-0.2, -0.15) is 0 Å². The maximum atomic E-state index is 9.93. The predicted octanol–water partition coefficient (Wildman–Crippen LogP) is 13.3. The van der Waals surface area contributed by atoms with E-state index in [1.807, 2.05) is 68.4 Å². The zero-order valence-electron chi connectivity index (χ0n) is 31.5. The first kappa shape index (κ1) is 47.5. The second-order valence-electron chi connectivity index (χ2n) is 13.1. The summed E-state index contributed by atoms with van der Waals surface area (Å²) in [7, 11) is 9.89. The van der Waals surface area contributed by atoms with Crippen LogP contribution in [0.25, 0.3) is 0 Å². The first-order valence-electron chi connectivity index (χ1n) is 16.9. The first-order valence-corrected chi connectivity index (χ1v) is 24.9. The Kier molecular flexibility index (Phi) is 26.5. The Bertz CT molecular complexity index is 1010. The average Bonchev–Trinajstić information content (AvgIpc) is 2.98. The molecule has 0 heterocycles. The van der Waals surface area contributed by atoms with Gasteiger partial charge in [0.2, 0.25) is 0 Å². The van der Waals surface area contributed by atoms with Crippen LogP contribution in [-0.4, -0.2) is 28.5 Å². The second kappa shape index (κ2) is 26.2. The molecule has 0 amide bonds. The molecule has 0 fully saturated rings. The number of phenolic OH excluding ortho intramolecular Hbond substituents is 3. The zero-order valence-corrected chi connectivity index (χ0v) is 36.3. The Morgan fingerprint density at radius 1 is 0.447 bits per heavy atom. The molecule has 3 rings (SSSR count). The monoisotopic (exact) mass is 859 g/mol. The molecule has 4 nitrogen and oxygen atoms in total. The van der Waals surface area contributed by atoms with Gasteiger partial charge in [0.15, 0.2) is 0 Å². The molecule has 0 aromatic heterocycles. The van der Waals surface area contributed by atoms with E-state index in [4.69, 9.17) is 23.1 Å². The minimum atomic E-state index is -0.889. The molecule has 3 N–H and O–H groups in total. The van der Waals surface area contributed by atoms with Crippen LogP contribution in [0.15, 0.2) is 54.6 Å². The Hall–Kier alpha value is -1.66. The van der Waals surface area contributed by atoms with Gasteiger partial charge >= 0.3 is 36.0 Å². The summed E-state index contributed by atoms with van der Waals surface area (Å²) in [5, 5.41) is 29.8. The number of rotatable bonds is 8. The van der Waals surface area contributed by atoms with Crippen LogP contribution in [0, 0.1) is 0 Å². The molecule has 47 heavy (non-hydrogen) atoms. The molecule has 0 aliphatic rings. The van der Waals surface area contributed by atoms with Crippen molar-refractivity contribution in [1.29, 1.82) is 0 Å². The zero-order chi connectivity index (χ0) is 36.9. The van der Waals surface area contributed by atoms with E-state index in [2.05, 4.69) is 83.1 Å². The third-order valence-electron chi connectivity index (χ3n) is 7.44. The summed E-state index contributed by atoms with van der Waals surface area (Å²) >= 11 is -0.889. The van der Waals surface area contributed by atoms with Gasteiger partial charge in [-0.15, -0.1) is 0 Å². The molecule has 0 saturated carbocycles. The van der Waals surface area contributed by atoms with Gasteiger partial charge in [-0.3, -0.25) is 0 Å². The molecule has 0 radical (unpaired) electrons. The van der Waals surface area contributed by atoms with Crippen molar-refractivity contribution in [2.45, 2.75) is 132 Å². The molecule has 0 spiro atoms. The van der Waals surface area contributed by atoms with Gasteiger partial charge in [0.1, 0.15) is 17.2 Å². The quantitative estimate of drug-likeness (QED) is 0.211. The van der Waals surface area contributed by atoms with Crippen LogP contribution in [0.4, 0.5) is 0 Å². The molecule has 3 aromatic rings. The van der Waals surface area contributed by atoms with Crippen molar-refractivity contribution in [1.82, 2.24) is 0 Å². The number of halogens is 2. The summed E-state index contributed by atoms with van der Waals surface area (Å²) in [6.07, 6.45) is 0. The summed E-state index contributed by atoms with van der Waals surface area (Å²) in [4.78, 5) is 0. The second-order valence-corrected chi connectivity index (χ2v) is 17.8. The molecule has 267 valence electrons. The van der Waals surface area contributed by atoms with Gasteiger partial charge in [0, 0.05) is 13.2 Å². The fourth-order valence-electron chi connectivity index (χ4n) is 4.74. The number of ether oxygens (including phenoxy) is 1. The molecule has 0 aliphatic heterocycles. The molecular weight excluding hydrogens is 796 g/mol. The Morgan fingerprint density at radius 3 is 0.681 bits per heavy atom. The summed E-state index contributed by atoms with van der Waals surface area (Å²) < 4.78 is 4.83.